The predicted molar refractivity (Wildman–Crippen MR) is 103 cm³/mol. The number of nitrogens with zero attached hydrogens (tertiary/aromatic N) is 6. The Labute approximate surface area is 158 Å². The largest absolute Gasteiger partial charge is 0.359 e. The van der Waals surface area contributed by atoms with E-state index in [2.05, 4.69) is 31.9 Å². The molecule has 4 rings (SSSR count). The number of piperazine rings is 1. The highest BCUT2D eigenvalue weighted by Crippen LogP contribution is 2.27. The first kappa shape index (κ1) is 17.3. The summed E-state index contributed by atoms with van der Waals surface area (Å²) < 4.78 is 0. The van der Waals surface area contributed by atoms with Gasteiger partial charge in [0, 0.05) is 51.5 Å². The fourth-order valence-electron chi connectivity index (χ4n) is 3.71. The van der Waals surface area contributed by atoms with Crippen molar-refractivity contribution in [3.05, 3.63) is 46.9 Å². The van der Waals surface area contributed by atoms with E-state index in [0.29, 0.717) is 12.1 Å². The van der Waals surface area contributed by atoms with Gasteiger partial charge in [-0.1, -0.05) is 0 Å². The maximum Gasteiger partial charge on any atom is 0.241 e. The van der Waals surface area contributed by atoms with E-state index in [1.54, 1.807) is 11.1 Å². The first-order chi connectivity index (χ1) is 13.0. The summed E-state index contributed by atoms with van der Waals surface area (Å²) in [6.07, 6.45) is 4.37. The highest BCUT2D eigenvalue weighted by molar-refractivity contribution is 5.82. The number of hydrogen-bond acceptors (Lipinski definition) is 6. The maximum absolute atomic E-state index is 12.0. The van der Waals surface area contributed by atoms with Crippen LogP contribution in [0.15, 0.2) is 24.5 Å². The maximum atomic E-state index is 12.0. The Morgan fingerprint density at radius 2 is 1.93 bits per heavy atom. The number of amides is 1. The number of fused-ring (bicyclic) bond motifs is 1. The third-order valence-corrected chi connectivity index (χ3v) is 5.33. The van der Waals surface area contributed by atoms with Gasteiger partial charge < -0.3 is 14.7 Å². The van der Waals surface area contributed by atoms with Crippen molar-refractivity contribution in [2.24, 2.45) is 0 Å². The molecule has 1 saturated heterocycles. The van der Waals surface area contributed by atoms with Crippen LogP contribution in [-0.2, 0) is 17.8 Å². The molecule has 0 atom stereocenters. The van der Waals surface area contributed by atoms with Crippen molar-refractivity contribution in [1.82, 2.24) is 14.9 Å². The van der Waals surface area contributed by atoms with Gasteiger partial charge in [-0.25, -0.2) is 4.98 Å². The summed E-state index contributed by atoms with van der Waals surface area (Å²) in [5.74, 6) is 1.05. The lowest BCUT2D eigenvalue weighted by molar-refractivity contribution is -0.129. The molecular weight excluding hydrogens is 340 g/mol. The predicted octanol–water partition coefficient (Wildman–Crippen LogP) is 1.50. The van der Waals surface area contributed by atoms with E-state index < -0.39 is 0 Å². The van der Waals surface area contributed by atoms with Crippen LogP contribution in [0.25, 0.3) is 0 Å². The van der Waals surface area contributed by atoms with Crippen molar-refractivity contribution in [3.8, 4) is 6.07 Å². The third-order valence-electron chi connectivity index (χ3n) is 5.33. The number of hydrogen-bond donors (Lipinski definition) is 0. The van der Waals surface area contributed by atoms with Crippen molar-refractivity contribution in [2.45, 2.75) is 19.9 Å². The first-order valence-corrected chi connectivity index (χ1v) is 9.13. The SMILES string of the molecule is Cc1cc(C#N)cnc1N1CCc2ncc(N3CCN(C)C(=O)C3)cc2C1. The molecule has 1 fully saturated rings. The van der Waals surface area contributed by atoms with Crippen LogP contribution in [0.1, 0.15) is 22.4 Å². The Morgan fingerprint density at radius 1 is 1.07 bits per heavy atom. The molecule has 0 N–H and O–H groups in total. The molecule has 27 heavy (non-hydrogen) atoms. The van der Waals surface area contributed by atoms with Crippen LogP contribution >= 0.6 is 0 Å². The van der Waals surface area contributed by atoms with Crippen molar-refractivity contribution in [2.75, 3.05) is 43.0 Å². The monoisotopic (exact) mass is 362 g/mol. The van der Waals surface area contributed by atoms with Gasteiger partial charge in [0.25, 0.3) is 0 Å². The third kappa shape index (κ3) is 3.31. The van der Waals surface area contributed by atoms with E-state index in [-0.39, 0.29) is 5.91 Å². The minimum absolute atomic E-state index is 0.137. The zero-order valence-electron chi connectivity index (χ0n) is 15.6. The molecule has 2 aromatic heterocycles. The second kappa shape index (κ2) is 6.88. The number of pyridine rings is 2. The summed E-state index contributed by atoms with van der Waals surface area (Å²) in [5.41, 5.74) is 4.88. The normalized spacial score (nSPS) is 16.9. The van der Waals surface area contributed by atoms with Crippen LogP contribution < -0.4 is 9.80 Å². The summed E-state index contributed by atoms with van der Waals surface area (Å²) >= 11 is 0. The van der Waals surface area contributed by atoms with Crippen LogP contribution in [0.4, 0.5) is 11.5 Å². The molecule has 0 saturated carbocycles. The molecule has 1 amide bonds. The molecule has 138 valence electrons. The molecule has 2 aromatic rings. The van der Waals surface area contributed by atoms with Gasteiger partial charge in [0.15, 0.2) is 0 Å². The smallest absolute Gasteiger partial charge is 0.241 e. The Morgan fingerprint density at radius 3 is 2.67 bits per heavy atom. The molecule has 0 radical (unpaired) electrons. The average Bonchev–Trinajstić information content (AvgIpc) is 2.69. The number of anilines is 2. The molecule has 7 nitrogen and oxygen atoms in total. The van der Waals surface area contributed by atoms with Crippen molar-refractivity contribution in [3.63, 3.8) is 0 Å². The van der Waals surface area contributed by atoms with Crippen molar-refractivity contribution >= 4 is 17.4 Å². The highest BCUT2D eigenvalue weighted by atomic mass is 16.2. The minimum atomic E-state index is 0.137. The number of nitriles is 1. The lowest BCUT2D eigenvalue weighted by Crippen LogP contribution is -2.48. The van der Waals surface area contributed by atoms with Gasteiger partial charge in [-0.2, -0.15) is 5.26 Å². The van der Waals surface area contributed by atoms with Crippen molar-refractivity contribution in [1.29, 1.82) is 5.26 Å². The van der Waals surface area contributed by atoms with E-state index in [0.717, 1.165) is 55.4 Å². The van der Waals surface area contributed by atoms with E-state index in [9.17, 15) is 4.79 Å². The van der Waals surface area contributed by atoms with Crippen LogP contribution in [-0.4, -0.2) is 54.0 Å². The highest BCUT2D eigenvalue weighted by Gasteiger charge is 2.24. The number of carbonyl (C=O) groups excluding carboxylic acids is 1. The van der Waals surface area contributed by atoms with Crippen LogP contribution in [0, 0.1) is 18.3 Å². The van der Waals surface area contributed by atoms with Gasteiger partial charge in [0.2, 0.25) is 5.91 Å². The molecule has 0 spiro atoms. The molecule has 0 bridgehead atoms. The van der Waals surface area contributed by atoms with Crippen LogP contribution in [0.5, 0.6) is 0 Å². The summed E-state index contributed by atoms with van der Waals surface area (Å²) in [6.45, 7) is 5.53. The molecule has 4 heterocycles. The molecular formula is C20H22N6O. The number of aryl methyl sites for hydroxylation is 1. The lowest BCUT2D eigenvalue weighted by atomic mass is 10.0. The molecule has 2 aliphatic heterocycles. The Bertz CT molecular complexity index is 935. The van der Waals surface area contributed by atoms with E-state index >= 15 is 0 Å². The molecule has 0 aliphatic carbocycles. The average molecular weight is 362 g/mol. The second-order valence-corrected chi connectivity index (χ2v) is 7.18. The zero-order chi connectivity index (χ0) is 19.0. The summed E-state index contributed by atoms with van der Waals surface area (Å²) in [7, 11) is 1.84. The molecule has 2 aliphatic rings. The van der Waals surface area contributed by atoms with Crippen LogP contribution in [0.2, 0.25) is 0 Å². The minimum Gasteiger partial charge on any atom is -0.359 e. The summed E-state index contributed by atoms with van der Waals surface area (Å²) in [6, 6.07) is 6.17. The summed E-state index contributed by atoms with van der Waals surface area (Å²) in [5, 5.41) is 9.04. The number of rotatable bonds is 2. The topological polar surface area (TPSA) is 76.4 Å². The van der Waals surface area contributed by atoms with E-state index in [1.807, 2.05) is 26.2 Å². The van der Waals surface area contributed by atoms with Gasteiger partial charge in [-0.05, 0) is 30.2 Å². The van der Waals surface area contributed by atoms with Gasteiger partial charge in [-0.15, -0.1) is 0 Å². The molecule has 7 heteroatoms. The van der Waals surface area contributed by atoms with Crippen LogP contribution in [0.3, 0.4) is 0 Å². The van der Waals surface area contributed by atoms with E-state index in [1.165, 1.54) is 5.56 Å². The van der Waals surface area contributed by atoms with Crippen molar-refractivity contribution < 1.29 is 4.79 Å². The Kier molecular flexibility index (Phi) is 4.40. The summed E-state index contributed by atoms with van der Waals surface area (Å²) in [4.78, 5) is 27.3. The number of likely N-dealkylation sites (N-methyl/N-ethyl adjacent to an activating group) is 1. The number of aromatic nitrogens is 2. The molecule has 0 aromatic carbocycles. The quantitative estimate of drug-likeness (QED) is 0.806. The Balaban J connectivity index is 1.57. The molecule has 0 unspecified atom stereocenters. The first-order valence-electron chi connectivity index (χ1n) is 9.13. The van der Waals surface area contributed by atoms with Gasteiger partial charge in [0.05, 0.1) is 24.0 Å². The van der Waals surface area contributed by atoms with Gasteiger partial charge >= 0.3 is 0 Å². The zero-order valence-corrected chi connectivity index (χ0v) is 15.6. The van der Waals surface area contributed by atoms with Gasteiger partial charge in [0.1, 0.15) is 11.9 Å². The van der Waals surface area contributed by atoms with Gasteiger partial charge in [-0.3, -0.25) is 9.78 Å². The lowest BCUT2D eigenvalue weighted by Gasteiger charge is -2.35. The second-order valence-electron chi connectivity index (χ2n) is 7.18. The van der Waals surface area contributed by atoms with E-state index in [4.69, 9.17) is 5.26 Å². The fourth-order valence-corrected chi connectivity index (χ4v) is 3.71. The number of carbonyl (C=O) groups is 1. The Hall–Kier alpha value is -3.14. The standard InChI is InChI=1S/C20H22N6O/c1-14-7-15(9-21)10-23-20(14)26-4-3-18-16(12-26)8-17(11-22-18)25-6-5-24(2)19(27)13-25/h7-8,10-11H,3-6,12-13H2,1-2H3. The fraction of sp³-hybridized carbons (Fsp3) is 0.400.